The van der Waals surface area contributed by atoms with Crippen molar-refractivity contribution in [3.8, 4) is 0 Å². The van der Waals surface area contributed by atoms with E-state index in [1.165, 1.54) is 0 Å². The highest BCUT2D eigenvalue weighted by Crippen LogP contribution is 2.75. The highest BCUT2D eigenvalue weighted by molar-refractivity contribution is 5.36. The maximum absolute atomic E-state index is 12.8. The molecule has 8 aliphatic rings. The molecule has 0 radical (unpaired) electrons. The molecule has 8 rings (SSSR count). The van der Waals surface area contributed by atoms with Crippen molar-refractivity contribution in [3.63, 3.8) is 0 Å². The summed E-state index contributed by atoms with van der Waals surface area (Å²) in [5.74, 6) is -1.14. The van der Waals surface area contributed by atoms with Crippen LogP contribution in [0.3, 0.4) is 0 Å². The lowest BCUT2D eigenvalue weighted by Gasteiger charge is -2.69. The lowest BCUT2D eigenvalue weighted by molar-refractivity contribution is -0.375. The molecule has 438 valence electrons. The molecule has 4 saturated heterocycles. The van der Waals surface area contributed by atoms with E-state index in [0.717, 1.165) is 11.1 Å². The molecule has 76 heavy (non-hydrogen) atoms. The monoisotopic (exact) mass is 1090 g/mol. The fraction of sp³-hybridized carbons (Fsp3) is 0.925. The van der Waals surface area contributed by atoms with Gasteiger partial charge < -0.3 is 114 Å². The Kier molecular flexibility index (Phi) is 18.1. The lowest BCUT2D eigenvalue weighted by Crippen LogP contribution is -2.68. The maximum atomic E-state index is 12.8. The molecule has 0 spiro atoms. The first-order valence-electron chi connectivity index (χ1n) is 27.1. The lowest BCUT2D eigenvalue weighted by atomic mass is 9.37. The van der Waals surface area contributed by atoms with Gasteiger partial charge in [-0.15, -0.1) is 0 Å². The molecule has 29 unspecified atom stereocenters. The van der Waals surface area contributed by atoms with Crippen molar-refractivity contribution in [1.82, 2.24) is 0 Å². The van der Waals surface area contributed by atoms with Crippen LogP contribution in [0.1, 0.15) is 100 Å². The molecular formula is C53H88O23. The van der Waals surface area contributed by atoms with E-state index in [0.29, 0.717) is 44.9 Å². The standard InChI is InChI=1S/C53H88O23/c1-22(2)10-9-13-52(7,76-47-43(68)39(64)37(62)28(73-47)21-70-45-41(66)34(59)25(57)20-69-45)23-11-15-51(6)33(23)24(56)16-30-50(5)14-12-32(49(3,4)29(50)17-31(58)53(30,51)8)74-48-44(40(65)36(61)27(19-55)72-48)75-46-42(67)38(63)35(60)26(18-54)71-46/h10,17,23-28,30-48,54-68H,9,11-16,18-21H2,1-8H3. The van der Waals surface area contributed by atoms with Crippen molar-refractivity contribution in [1.29, 1.82) is 0 Å². The quantitative estimate of drug-likeness (QED) is 0.0744. The number of rotatable bonds is 15. The van der Waals surface area contributed by atoms with Gasteiger partial charge in [0.15, 0.2) is 25.2 Å². The van der Waals surface area contributed by atoms with Crippen LogP contribution in [0.5, 0.6) is 0 Å². The summed E-state index contributed by atoms with van der Waals surface area (Å²) in [6.07, 6.45) is -25.6. The Labute approximate surface area is 443 Å². The summed E-state index contributed by atoms with van der Waals surface area (Å²) in [5.41, 5.74) is -2.28. The zero-order chi connectivity index (χ0) is 55.9. The minimum Gasteiger partial charge on any atom is -0.394 e. The average Bonchev–Trinajstić information content (AvgIpc) is 3.95. The van der Waals surface area contributed by atoms with Gasteiger partial charge in [0.25, 0.3) is 0 Å². The summed E-state index contributed by atoms with van der Waals surface area (Å²) >= 11 is 0. The molecule has 29 atom stereocenters. The zero-order valence-corrected chi connectivity index (χ0v) is 44.8. The van der Waals surface area contributed by atoms with E-state index < -0.39 is 188 Å². The molecule has 0 aromatic rings. The Balaban J connectivity index is 1.05. The van der Waals surface area contributed by atoms with Crippen LogP contribution in [-0.4, -0.2) is 244 Å². The number of ether oxygens (including phenoxy) is 8. The molecule has 4 aliphatic carbocycles. The molecule has 23 nitrogen and oxygen atoms in total. The first-order valence-corrected chi connectivity index (χ1v) is 27.1. The molecule has 0 amide bonds. The summed E-state index contributed by atoms with van der Waals surface area (Å²) in [6.45, 7) is 13.9. The molecule has 7 fully saturated rings. The molecule has 0 aromatic heterocycles. The molecule has 0 aromatic carbocycles. The number of aliphatic hydroxyl groups is 15. The smallest absolute Gasteiger partial charge is 0.187 e. The van der Waals surface area contributed by atoms with E-state index >= 15 is 0 Å². The second-order valence-corrected chi connectivity index (χ2v) is 24.9. The van der Waals surface area contributed by atoms with Crippen molar-refractivity contribution in [2.24, 2.45) is 39.4 Å². The zero-order valence-electron chi connectivity index (χ0n) is 44.8. The summed E-state index contributed by atoms with van der Waals surface area (Å²) in [4.78, 5) is 0. The van der Waals surface area contributed by atoms with Gasteiger partial charge in [-0.3, -0.25) is 0 Å². The summed E-state index contributed by atoms with van der Waals surface area (Å²) < 4.78 is 48.5. The highest BCUT2D eigenvalue weighted by Gasteiger charge is 2.73. The van der Waals surface area contributed by atoms with E-state index in [4.69, 9.17) is 37.9 Å². The molecular weight excluding hydrogens is 1000 g/mol. The molecule has 4 aliphatic heterocycles. The van der Waals surface area contributed by atoms with Gasteiger partial charge in [-0.2, -0.15) is 0 Å². The Hall–Kier alpha value is -1.44. The second-order valence-electron chi connectivity index (χ2n) is 24.9. The summed E-state index contributed by atoms with van der Waals surface area (Å²) in [7, 11) is 0. The minimum absolute atomic E-state index is 0.288. The first kappa shape index (κ1) is 60.7. The van der Waals surface area contributed by atoms with Crippen LogP contribution in [0, 0.1) is 39.4 Å². The fourth-order valence-corrected chi connectivity index (χ4v) is 15.2. The van der Waals surface area contributed by atoms with Gasteiger partial charge in [0.1, 0.15) is 91.6 Å². The van der Waals surface area contributed by atoms with Gasteiger partial charge in [-0.05, 0) is 94.3 Å². The number of allylic oxidation sites excluding steroid dienone is 2. The number of hydrogen-bond donors (Lipinski definition) is 15. The highest BCUT2D eigenvalue weighted by atomic mass is 16.8. The van der Waals surface area contributed by atoms with Gasteiger partial charge in [0, 0.05) is 10.8 Å². The van der Waals surface area contributed by atoms with Gasteiger partial charge in [0.05, 0.1) is 50.3 Å². The van der Waals surface area contributed by atoms with Gasteiger partial charge >= 0.3 is 0 Å². The normalized spacial score (nSPS) is 52.1. The Morgan fingerprint density at radius 1 is 0.658 bits per heavy atom. The van der Waals surface area contributed by atoms with E-state index in [1.54, 1.807) is 0 Å². The molecule has 15 N–H and O–H groups in total. The van der Waals surface area contributed by atoms with E-state index in [2.05, 4.69) is 26.8 Å². The topological polar surface area (TPSA) is 377 Å². The molecule has 4 heterocycles. The van der Waals surface area contributed by atoms with Crippen LogP contribution < -0.4 is 0 Å². The first-order chi connectivity index (χ1) is 35.5. The Bertz CT molecular complexity index is 2040. The van der Waals surface area contributed by atoms with Crippen LogP contribution in [0.2, 0.25) is 0 Å². The molecule has 3 saturated carbocycles. The number of fused-ring (bicyclic) bond motifs is 5. The Morgan fingerprint density at radius 3 is 1.87 bits per heavy atom. The van der Waals surface area contributed by atoms with Crippen LogP contribution in [0.15, 0.2) is 23.3 Å². The average molecular weight is 1090 g/mol. The van der Waals surface area contributed by atoms with Crippen molar-refractivity contribution >= 4 is 0 Å². The van der Waals surface area contributed by atoms with Gasteiger partial charge in [-0.25, -0.2) is 0 Å². The van der Waals surface area contributed by atoms with Crippen LogP contribution >= 0.6 is 0 Å². The largest absolute Gasteiger partial charge is 0.394 e. The van der Waals surface area contributed by atoms with Gasteiger partial charge in [0.2, 0.25) is 0 Å². The third-order valence-corrected chi connectivity index (χ3v) is 19.9. The predicted octanol–water partition coefficient (Wildman–Crippen LogP) is -2.67. The van der Waals surface area contributed by atoms with Crippen LogP contribution in [0.4, 0.5) is 0 Å². The van der Waals surface area contributed by atoms with E-state index in [1.807, 2.05) is 40.7 Å². The summed E-state index contributed by atoms with van der Waals surface area (Å²) in [5, 5.41) is 164. The second kappa shape index (κ2) is 22.7. The predicted molar refractivity (Wildman–Crippen MR) is 262 cm³/mol. The van der Waals surface area contributed by atoms with E-state index in [-0.39, 0.29) is 18.4 Å². The number of aliphatic hydroxyl groups excluding tert-OH is 15. The third kappa shape index (κ3) is 10.3. The van der Waals surface area contributed by atoms with Crippen molar-refractivity contribution in [2.75, 3.05) is 26.4 Å². The fourth-order valence-electron chi connectivity index (χ4n) is 15.2. The van der Waals surface area contributed by atoms with Crippen LogP contribution in [-0.2, 0) is 37.9 Å². The molecule has 0 bridgehead atoms. The minimum atomic E-state index is -1.85. The molecule has 23 heteroatoms. The van der Waals surface area contributed by atoms with Crippen LogP contribution in [0.25, 0.3) is 0 Å². The van der Waals surface area contributed by atoms with Gasteiger partial charge in [-0.1, -0.05) is 57.9 Å². The van der Waals surface area contributed by atoms with E-state index in [9.17, 15) is 76.6 Å². The third-order valence-electron chi connectivity index (χ3n) is 19.9. The maximum Gasteiger partial charge on any atom is 0.187 e. The summed E-state index contributed by atoms with van der Waals surface area (Å²) in [6, 6.07) is 0. The SMILES string of the molecule is CC(C)=CCCC(C)(OC1OC(COC2OCC(O)C(O)C2O)C(O)C(O)C1O)C1CCC2(C)C1C(O)CC1C3(C)CCC(OC4OC(CO)C(O)C(O)C4OC4OC(CO)C(O)C(O)C4O)C(C)(C)C3=CC(O)C12C. The Morgan fingerprint density at radius 2 is 1.24 bits per heavy atom. The van der Waals surface area contributed by atoms with Crippen molar-refractivity contribution in [2.45, 2.75) is 241 Å². The van der Waals surface area contributed by atoms with Crippen molar-refractivity contribution in [3.05, 3.63) is 23.3 Å². The van der Waals surface area contributed by atoms with Crippen molar-refractivity contribution < 1.29 is 114 Å². The number of hydrogen-bond acceptors (Lipinski definition) is 23.